The number of aliphatic hydroxyl groups excluding tert-OH is 4. The Morgan fingerprint density at radius 1 is 1.12 bits per heavy atom. The molecule has 1 aromatic rings. The van der Waals surface area contributed by atoms with Gasteiger partial charge in [-0.2, -0.15) is 0 Å². The van der Waals surface area contributed by atoms with E-state index in [1.807, 2.05) is 0 Å². The lowest BCUT2D eigenvalue weighted by atomic mass is 9.99. The molecule has 1 unspecified atom stereocenters. The van der Waals surface area contributed by atoms with E-state index in [-0.39, 0.29) is 18.3 Å². The van der Waals surface area contributed by atoms with Gasteiger partial charge in [-0.25, -0.2) is 0 Å². The van der Waals surface area contributed by atoms with Gasteiger partial charge in [0.15, 0.2) is 11.5 Å². The second kappa shape index (κ2) is 13.5. The predicted octanol–water partition coefficient (Wildman–Crippen LogP) is 1.69. The Morgan fingerprint density at radius 2 is 1.88 bits per heavy atom. The fraction of sp³-hybridized carbons (Fsp3) is 0.625. The Kier molecular flexibility index (Phi) is 11.1. The molecular weight excluding hydrogens is 432 g/mol. The molecule has 1 aliphatic rings. The van der Waals surface area contributed by atoms with E-state index in [1.165, 1.54) is 7.11 Å². The van der Waals surface area contributed by atoms with Gasteiger partial charge in [0.25, 0.3) is 0 Å². The highest BCUT2D eigenvalue weighted by Gasteiger charge is 2.44. The summed E-state index contributed by atoms with van der Waals surface area (Å²) in [5.41, 5.74) is 0.682. The van der Waals surface area contributed by atoms with Crippen LogP contribution >= 0.6 is 0 Å². The van der Waals surface area contributed by atoms with Crippen LogP contribution in [0.1, 0.15) is 45.1 Å². The number of ether oxygens (including phenoxy) is 4. The quantitative estimate of drug-likeness (QED) is 0.205. The van der Waals surface area contributed by atoms with Gasteiger partial charge in [0, 0.05) is 6.42 Å². The largest absolute Gasteiger partial charge is 0.493 e. The van der Waals surface area contributed by atoms with E-state index in [0.29, 0.717) is 23.7 Å². The van der Waals surface area contributed by atoms with Crippen LogP contribution in [0.3, 0.4) is 0 Å². The summed E-state index contributed by atoms with van der Waals surface area (Å²) in [5, 5.41) is 39.2. The Balaban J connectivity index is 1.87. The van der Waals surface area contributed by atoms with Crippen molar-refractivity contribution >= 4 is 5.97 Å². The first kappa shape index (κ1) is 27.1. The van der Waals surface area contributed by atoms with E-state index in [9.17, 15) is 25.2 Å². The minimum atomic E-state index is -1.54. The van der Waals surface area contributed by atoms with Crippen molar-refractivity contribution in [3.63, 3.8) is 0 Å². The second-order valence-corrected chi connectivity index (χ2v) is 8.38. The molecule has 186 valence electrons. The average molecular weight is 469 g/mol. The first-order valence-electron chi connectivity index (χ1n) is 11.2. The van der Waals surface area contributed by atoms with Crippen LogP contribution in [-0.4, -0.2) is 70.8 Å². The number of hydrogen-bond acceptors (Lipinski definition) is 9. The molecule has 1 heterocycles. The molecule has 33 heavy (non-hydrogen) atoms. The van der Waals surface area contributed by atoms with Crippen molar-refractivity contribution in [2.45, 2.75) is 76.8 Å². The predicted molar refractivity (Wildman–Crippen MR) is 120 cm³/mol. The normalized spacial score (nSPS) is 25.4. The summed E-state index contributed by atoms with van der Waals surface area (Å²) in [5.74, 6) is 0.771. The number of benzene rings is 1. The van der Waals surface area contributed by atoms with E-state index >= 15 is 0 Å². The summed E-state index contributed by atoms with van der Waals surface area (Å²) in [6.45, 7) is 3.76. The minimum Gasteiger partial charge on any atom is -0.493 e. The topological polar surface area (TPSA) is 135 Å². The number of esters is 1. The van der Waals surface area contributed by atoms with Gasteiger partial charge in [-0.3, -0.25) is 4.79 Å². The number of unbranched alkanes of at least 4 members (excludes halogenated alkanes) is 2. The Morgan fingerprint density at radius 3 is 2.55 bits per heavy atom. The van der Waals surface area contributed by atoms with Gasteiger partial charge in [-0.1, -0.05) is 32.1 Å². The molecule has 2 rings (SSSR count). The smallest absolute Gasteiger partial charge is 0.306 e. The Hall–Kier alpha value is -2.17. The fourth-order valence-corrected chi connectivity index (χ4v) is 3.32. The van der Waals surface area contributed by atoms with Gasteiger partial charge >= 0.3 is 5.97 Å². The number of aliphatic hydroxyl groups is 4. The first-order chi connectivity index (χ1) is 15.8. The summed E-state index contributed by atoms with van der Waals surface area (Å²) in [6.07, 6.45) is 0.312. The van der Waals surface area contributed by atoms with Gasteiger partial charge in [0.2, 0.25) is 6.29 Å². The molecule has 9 heteroatoms. The summed E-state index contributed by atoms with van der Waals surface area (Å²) >= 11 is 0. The van der Waals surface area contributed by atoms with Gasteiger partial charge in [0.1, 0.15) is 31.0 Å². The molecule has 0 spiro atoms. The molecule has 1 saturated heterocycles. The van der Waals surface area contributed by atoms with Crippen molar-refractivity contribution < 1.29 is 44.2 Å². The van der Waals surface area contributed by atoms with Crippen molar-refractivity contribution in [1.29, 1.82) is 0 Å². The number of allylic oxidation sites excluding steroid dienone is 2. The zero-order valence-electron chi connectivity index (χ0n) is 19.4. The molecule has 1 fully saturated rings. The molecule has 1 aromatic carbocycles. The van der Waals surface area contributed by atoms with Crippen LogP contribution in [0, 0.1) is 5.92 Å². The highest BCUT2D eigenvalue weighted by molar-refractivity contribution is 5.69. The van der Waals surface area contributed by atoms with E-state index in [1.54, 1.807) is 18.2 Å². The third kappa shape index (κ3) is 8.28. The number of carbonyl (C=O) groups is 1. The van der Waals surface area contributed by atoms with Gasteiger partial charge in [-0.05, 0) is 42.9 Å². The van der Waals surface area contributed by atoms with Crippen LogP contribution in [-0.2, 0) is 20.9 Å². The first-order valence-corrected chi connectivity index (χ1v) is 11.2. The Bertz CT molecular complexity index is 762. The Labute approximate surface area is 194 Å². The van der Waals surface area contributed by atoms with Crippen molar-refractivity contribution in [2.24, 2.45) is 5.92 Å². The molecule has 9 nitrogen and oxygen atoms in total. The summed E-state index contributed by atoms with van der Waals surface area (Å²) in [7, 11) is 1.43. The fourth-order valence-electron chi connectivity index (χ4n) is 3.32. The van der Waals surface area contributed by atoms with Gasteiger partial charge in [-0.15, -0.1) is 0 Å². The maximum atomic E-state index is 12.0. The monoisotopic (exact) mass is 468 g/mol. The zero-order valence-corrected chi connectivity index (χ0v) is 19.4. The molecule has 0 saturated carbocycles. The lowest BCUT2D eigenvalue weighted by Crippen LogP contribution is -2.60. The molecule has 1 aliphatic heterocycles. The molecule has 0 bridgehead atoms. The molecule has 0 amide bonds. The molecule has 4 N–H and O–H groups in total. The van der Waals surface area contributed by atoms with Crippen LogP contribution < -0.4 is 9.47 Å². The average Bonchev–Trinajstić information content (AvgIpc) is 2.80. The van der Waals surface area contributed by atoms with Crippen LogP contribution in [0.15, 0.2) is 30.4 Å². The van der Waals surface area contributed by atoms with Gasteiger partial charge < -0.3 is 39.4 Å². The highest BCUT2D eigenvalue weighted by Crippen LogP contribution is 2.32. The van der Waals surface area contributed by atoms with E-state index in [4.69, 9.17) is 18.9 Å². The van der Waals surface area contributed by atoms with Crippen molar-refractivity contribution in [3.8, 4) is 11.5 Å². The van der Waals surface area contributed by atoms with E-state index < -0.39 is 37.3 Å². The molecule has 0 radical (unpaired) electrons. The SMILES string of the molecule is COc1cc(COC(=O)CCCC/C=C/C(C)C)ccc1OC1O[C@H](CO)[C@@H](O)[C@H](O)[C@H]1O. The van der Waals surface area contributed by atoms with Crippen molar-refractivity contribution in [2.75, 3.05) is 13.7 Å². The molecule has 0 aromatic heterocycles. The van der Waals surface area contributed by atoms with Crippen LogP contribution in [0.2, 0.25) is 0 Å². The highest BCUT2D eigenvalue weighted by atomic mass is 16.7. The maximum absolute atomic E-state index is 12.0. The number of hydrogen-bond donors (Lipinski definition) is 4. The summed E-state index contributed by atoms with van der Waals surface area (Å²) < 4.78 is 21.6. The standard InChI is InChI=1S/C24H36O9/c1-15(2)8-6-4-5-7-9-20(26)31-14-16-10-11-17(18(12-16)30-3)32-24-23(29)22(28)21(27)19(13-25)33-24/h6,8,10-12,15,19,21-25,27-29H,4-5,7,9,13-14H2,1-3H3/b8-6+/t19-,21-,22+,23-,24?/m1/s1. The number of carbonyl (C=O) groups excluding carboxylic acids is 1. The summed E-state index contributed by atoms with van der Waals surface area (Å²) in [6, 6.07) is 4.86. The molecular formula is C24H36O9. The molecule has 5 atom stereocenters. The molecule has 0 aliphatic carbocycles. The van der Waals surface area contributed by atoms with Crippen LogP contribution in [0.5, 0.6) is 11.5 Å². The van der Waals surface area contributed by atoms with Crippen LogP contribution in [0.25, 0.3) is 0 Å². The number of rotatable bonds is 12. The van der Waals surface area contributed by atoms with E-state index in [0.717, 1.165) is 19.3 Å². The van der Waals surface area contributed by atoms with Crippen molar-refractivity contribution in [3.05, 3.63) is 35.9 Å². The lowest BCUT2D eigenvalue weighted by Gasteiger charge is -2.39. The third-order valence-corrected chi connectivity index (χ3v) is 5.24. The van der Waals surface area contributed by atoms with E-state index in [2.05, 4.69) is 26.0 Å². The minimum absolute atomic E-state index is 0.0722. The van der Waals surface area contributed by atoms with Crippen molar-refractivity contribution in [1.82, 2.24) is 0 Å². The zero-order chi connectivity index (χ0) is 24.4. The third-order valence-electron chi connectivity index (χ3n) is 5.24. The number of methoxy groups -OCH3 is 1. The summed E-state index contributed by atoms with van der Waals surface area (Å²) in [4.78, 5) is 12.0. The van der Waals surface area contributed by atoms with Gasteiger partial charge in [0.05, 0.1) is 13.7 Å². The lowest BCUT2D eigenvalue weighted by molar-refractivity contribution is -0.277. The maximum Gasteiger partial charge on any atom is 0.306 e. The van der Waals surface area contributed by atoms with Crippen LogP contribution in [0.4, 0.5) is 0 Å². The second-order valence-electron chi connectivity index (χ2n) is 8.38.